The number of hydrogen-bond acceptors (Lipinski definition) is 4. The van der Waals surface area contributed by atoms with E-state index in [1.165, 1.54) is 18.9 Å². The highest BCUT2D eigenvalue weighted by atomic mass is 35.5. The number of amides is 1. The van der Waals surface area contributed by atoms with E-state index in [9.17, 15) is 14.7 Å². The van der Waals surface area contributed by atoms with Crippen molar-refractivity contribution in [3.8, 4) is 11.4 Å². The van der Waals surface area contributed by atoms with Crippen molar-refractivity contribution < 1.29 is 14.7 Å². The molecule has 0 unspecified atom stereocenters. The van der Waals surface area contributed by atoms with Gasteiger partial charge >= 0.3 is 0 Å². The summed E-state index contributed by atoms with van der Waals surface area (Å²) in [4.78, 5) is 30.6. The van der Waals surface area contributed by atoms with Gasteiger partial charge in [0.25, 0.3) is 0 Å². The highest BCUT2D eigenvalue weighted by Crippen LogP contribution is 2.39. The number of rotatable bonds is 6. The molecule has 2 fully saturated rings. The molecule has 2 aromatic carbocycles. The number of fused-ring (bicyclic) bond motifs is 1. The van der Waals surface area contributed by atoms with Gasteiger partial charge in [0.2, 0.25) is 5.91 Å². The summed E-state index contributed by atoms with van der Waals surface area (Å²) < 4.78 is 1.99. The van der Waals surface area contributed by atoms with Crippen LogP contribution < -0.4 is 10.4 Å². The third-order valence-electron chi connectivity index (χ3n) is 7.62. The monoisotopic (exact) mass is 492 g/mol. The van der Waals surface area contributed by atoms with Gasteiger partial charge in [-0.25, -0.2) is 4.98 Å². The van der Waals surface area contributed by atoms with Crippen LogP contribution in [0.15, 0.2) is 42.5 Å². The molecule has 0 saturated heterocycles. The van der Waals surface area contributed by atoms with E-state index in [0.29, 0.717) is 21.9 Å². The van der Waals surface area contributed by atoms with Crippen LogP contribution in [0.25, 0.3) is 22.4 Å². The van der Waals surface area contributed by atoms with Crippen LogP contribution in [0.1, 0.15) is 80.6 Å². The molecule has 1 heterocycles. The predicted molar refractivity (Wildman–Crippen MR) is 135 cm³/mol. The van der Waals surface area contributed by atoms with Crippen molar-refractivity contribution in [3.63, 3.8) is 0 Å². The molecule has 6 nitrogen and oxygen atoms in total. The Balaban J connectivity index is 1.66. The zero-order valence-electron chi connectivity index (χ0n) is 19.8. The van der Waals surface area contributed by atoms with Crippen molar-refractivity contribution in [2.24, 2.45) is 5.92 Å². The van der Waals surface area contributed by atoms with Crippen LogP contribution in [0.5, 0.6) is 0 Å². The van der Waals surface area contributed by atoms with E-state index in [-0.39, 0.29) is 23.4 Å². The summed E-state index contributed by atoms with van der Waals surface area (Å²) in [5.41, 5.74) is 2.22. The molecule has 35 heavy (non-hydrogen) atoms. The van der Waals surface area contributed by atoms with E-state index < -0.39 is 12.0 Å². The third kappa shape index (κ3) is 5.08. The standard InChI is InChI=1S/C28H32ClN3O3/c29-21-14-11-19(12-15-21)26-31-23-16-13-20(28(34)35)17-24(23)32(26)25(18-7-3-1-4-8-18)27(33)30-22-9-5-2-6-10-22/h11-18,22,25H,1-10H2,(H,30,33)(H,34,35)/p-1/t25-/m0/s1. The average Bonchev–Trinajstić information content (AvgIpc) is 3.24. The first-order chi connectivity index (χ1) is 17.0. The fourth-order valence-electron chi connectivity index (χ4n) is 5.83. The molecule has 0 aliphatic heterocycles. The van der Waals surface area contributed by atoms with Crippen molar-refractivity contribution in [1.29, 1.82) is 0 Å². The van der Waals surface area contributed by atoms with E-state index in [0.717, 1.165) is 56.9 Å². The Morgan fingerprint density at radius 2 is 1.60 bits per heavy atom. The van der Waals surface area contributed by atoms with E-state index in [4.69, 9.17) is 16.6 Å². The predicted octanol–water partition coefficient (Wildman–Crippen LogP) is 5.29. The van der Waals surface area contributed by atoms with E-state index in [2.05, 4.69) is 5.32 Å². The maximum atomic E-state index is 14.0. The zero-order chi connectivity index (χ0) is 24.4. The van der Waals surface area contributed by atoms with Crippen LogP contribution in [0.2, 0.25) is 5.02 Å². The van der Waals surface area contributed by atoms with Gasteiger partial charge in [-0.3, -0.25) is 4.79 Å². The second-order valence-corrected chi connectivity index (χ2v) is 10.4. The van der Waals surface area contributed by atoms with Gasteiger partial charge in [-0.2, -0.15) is 0 Å². The maximum Gasteiger partial charge on any atom is 0.243 e. The molecule has 184 valence electrons. The topological polar surface area (TPSA) is 87.0 Å². The lowest BCUT2D eigenvalue weighted by molar-refractivity contribution is -0.255. The minimum Gasteiger partial charge on any atom is -0.545 e. The molecule has 0 radical (unpaired) electrons. The number of nitrogens with zero attached hydrogens (tertiary/aromatic N) is 2. The van der Waals surface area contributed by atoms with Crippen LogP contribution in [0.3, 0.4) is 0 Å². The normalized spacial score (nSPS) is 18.4. The zero-order valence-corrected chi connectivity index (χ0v) is 20.6. The molecule has 3 aromatic rings. The molecule has 1 atom stereocenters. The summed E-state index contributed by atoms with van der Waals surface area (Å²) in [5, 5.41) is 15.7. The molecular weight excluding hydrogens is 462 g/mol. The highest BCUT2D eigenvalue weighted by molar-refractivity contribution is 6.30. The number of nitrogens with one attached hydrogen (secondary N) is 1. The Morgan fingerprint density at radius 3 is 2.26 bits per heavy atom. The van der Waals surface area contributed by atoms with Gasteiger partial charge in [0.1, 0.15) is 11.9 Å². The van der Waals surface area contributed by atoms with Gasteiger partial charge in [0, 0.05) is 16.6 Å². The van der Waals surface area contributed by atoms with Crippen LogP contribution in [0, 0.1) is 5.92 Å². The maximum absolute atomic E-state index is 14.0. The Kier molecular flexibility index (Phi) is 7.09. The fourth-order valence-corrected chi connectivity index (χ4v) is 5.96. The summed E-state index contributed by atoms with van der Waals surface area (Å²) in [5.74, 6) is -0.422. The molecule has 2 saturated carbocycles. The largest absolute Gasteiger partial charge is 0.545 e. The number of carboxylic acid groups (broad SMARTS) is 1. The summed E-state index contributed by atoms with van der Waals surface area (Å²) in [7, 11) is 0. The number of carbonyl (C=O) groups is 2. The lowest BCUT2D eigenvalue weighted by Crippen LogP contribution is -2.43. The second-order valence-electron chi connectivity index (χ2n) is 9.99. The van der Waals surface area contributed by atoms with Gasteiger partial charge in [-0.05, 0) is 73.6 Å². The number of carbonyl (C=O) groups excluding carboxylic acids is 2. The number of hydrogen-bond donors (Lipinski definition) is 1. The first-order valence-corrected chi connectivity index (χ1v) is 13.2. The number of aromatic nitrogens is 2. The van der Waals surface area contributed by atoms with E-state index in [1.807, 2.05) is 28.8 Å². The Hall–Kier alpha value is -2.86. The van der Waals surface area contributed by atoms with Crippen molar-refractivity contribution in [3.05, 3.63) is 53.1 Å². The SMILES string of the molecule is O=C([O-])c1ccc2nc(-c3ccc(Cl)cc3)n([C@H](C(=O)NC3CCCCC3)C3CCCCC3)c2c1. The Labute approximate surface area is 210 Å². The van der Waals surface area contributed by atoms with Gasteiger partial charge in [0.15, 0.2) is 0 Å². The number of halogens is 1. The number of aromatic carboxylic acids is 1. The molecule has 0 bridgehead atoms. The molecule has 0 spiro atoms. The van der Waals surface area contributed by atoms with Gasteiger partial charge < -0.3 is 19.8 Å². The molecule has 1 N–H and O–H groups in total. The van der Waals surface area contributed by atoms with Crippen molar-refractivity contribution in [2.75, 3.05) is 0 Å². The minimum absolute atomic E-state index is 0.0113. The summed E-state index contributed by atoms with van der Waals surface area (Å²) in [6, 6.07) is 12.0. The molecule has 1 aromatic heterocycles. The lowest BCUT2D eigenvalue weighted by Gasteiger charge is -2.34. The van der Waals surface area contributed by atoms with Gasteiger partial charge in [-0.1, -0.05) is 56.2 Å². The Bertz CT molecular complexity index is 1210. The number of imidazole rings is 1. The first kappa shape index (κ1) is 23.9. The number of benzene rings is 2. The summed E-state index contributed by atoms with van der Waals surface area (Å²) in [6.07, 6.45) is 10.8. The number of carboxylic acids is 1. The lowest BCUT2D eigenvalue weighted by atomic mass is 9.82. The first-order valence-electron chi connectivity index (χ1n) is 12.8. The van der Waals surface area contributed by atoms with Crippen LogP contribution >= 0.6 is 11.6 Å². The summed E-state index contributed by atoms with van der Waals surface area (Å²) >= 11 is 6.15. The van der Waals surface area contributed by atoms with E-state index >= 15 is 0 Å². The van der Waals surface area contributed by atoms with Gasteiger partial charge in [0.05, 0.1) is 17.0 Å². The van der Waals surface area contributed by atoms with Crippen LogP contribution in [-0.2, 0) is 4.79 Å². The third-order valence-corrected chi connectivity index (χ3v) is 7.87. The van der Waals surface area contributed by atoms with Crippen molar-refractivity contribution >= 4 is 34.5 Å². The van der Waals surface area contributed by atoms with Crippen molar-refractivity contribution in [2.45, 2.75) is 76.3 Å². The second kappa shape index (κ2) is 10.4. The van der Waals surface area contributed by atoms with Crippen LogP contribution in [-0.4, -0.2) is 27.5 Å². The highest BCUT2D eigenvalue weighted by Gasteiger charge is 2.35. The molecular formula is C28H31ClN3O3-. The van der Waals surface area contributed by atoms with Gasteiger partial charge in [-0.15, -0.1) is 0 Å². The Morgan fingerprint density at radius 1 is 0.943 bits per heavy atom. The molecule has 1 amide bonds. The molecule has 5 rings (SSSR count). The fraction of sp³-hybridized carbons (Fsp3) is 0.464. The minimum atomic E-state index is -1.24. The molecule has 2 aliphatic carbocycles. The van der Waals surface area contributed by atoms with E-state index in [1.54, 1.807) is 12.1 Å². The molecule has 2 aliphatic rings. The van der Waals surface area contributed by atoms with Crippen molar-refractivity contribution in [1.82, 2.24) is 14.9 Å². The van der Waals surface area contributed by atoms with Crippen LogP contribution in [0.4, 0.5) is 0 Å². The average molecular weight is 493 g/mol. The summed E-state index contributed by atoms with van der Waals surface area (Å²) in [6.45, 7) is 0. The molecule has 7 heteroatoms. The quantitative estimate of drug-likeness (QED) is 0.506. The smallest absolute Gasteiger partial charge is 0.243 e.